The topological polar surface area (TPSA) is 105 Å². The first-order valence-corrected chi connectivity index (χ1v) is 14.0. The number of nitrogens with zero attached hydrogens (tertiary/aromatic N) is 3. The first-order valence-electron chi connectivity index (χ1n) is 12.4. The summed E-state index contributed by atoms with van der Waals surface area (Å²) >= 11 is 12.4. The van der Waals surface area contributed by atoms with Gasteiger partial charge in [0.25, 0.3) is 17.5 Å². The second-order valence-electron chi connectivity index (χ2n) is 8.65. The summed E-state index contributed by atoms with van der Waals surface area (Å²) < 4.78 is 19.8. The minimum atomic E-state index is -0.610. The van der Waals surface area contributed by atoms with Crippen molar-refractivity contribution < 1.29 is 23.6 Å². The average molecular weight is 615 g/mol. The molecule has 0 aromatic heterocycles. The molecule has 0 aliphatic carbocycles. The molecule has 13 heteroatoms. The van der Waals surface area contributed by atoms with E-state index in [0.717, 1.165) is 36.6 Å². The fourth-order valence-electron chi connectivity index (χ4n) is 4.05. The lowest BCUT2D eigenvalue weighted by atomic mass is 10.1. The zero-order valence-electron chi connectivity index (χ0n) is 21.9. The van der Waals surface area contributed by atoms with Gasteiger partial charge in [0.05, 0.1) is 20.5 Å². The molecule has 9 nitrogen and oxygen atoms in total. The predicted octanol–water partition coefficient (Wildman–Crippen LogP) is 6.66. The van der Waals surface area contributed by atoms with Crippen molar-refractivity contribution in [3.8, 4) is 5.75 Å². The molecule has 1 N–H and O–H groups in total. The molecule has 4 rings (SSSR count). The molecule has 0 unspecified atom stereocenters. The van der Waals surface area contributed by atoms with Gasteiger partial charge in [-0.3, -0.25) is 24.6 Å². The Morgan fingerprint density at radius 1 is 1.20 bits per heavy atom. The molecule has 0 spiro atoms. The van der Waals surface area contributed by atoms with Crippen LogP contribution in [-0.4, -0.2) is 40.8 Å². The van der Waals surface area contributed by atoms with E-state index in [1.54, 1.807) is 18.2 Å². The Balaban J connectivity index is 1.59. The number of ether oxygens (including phenoxy) is 1. The van der Waals surface area contributed by atoms with Gasteiger partial charge < -0.3 is 15.0 Å². The smallest absolute Gasteiger partial charge is 0.271 e. The van der Waals surface area contributed by atoms with E-state index in [2.05, 4.69) is 10.2 Å². The van der Waals surface area contributed by atoms with Gasteiger partial charge in [-0.2, -0.15) is 0 Å². The van der Waals surface area contributed by atoms with E-state index in [9.17, 15) is 24.1 Å². The minimum absolute atomic E-state index is 0.133. The van der Waals surface area contributed by atoms with Crippen LogP contribution in [0.4, 0.5) is 27.1 Å². The molecule has 41 heavy (non-hydrogen) atoms. The van der Waals surface area contributed by atoms with Crippen LogP contribution in [0.1, 0.15) is 19.4 Å². The van der Waals surface area contributed by atoms with Crippen molar-refractivity contribution in [1.29, 1.82) is 0 Å². The molecule has 1 aliphatic rings. The van der Waals surface area contributed by atoms with Crippen LogP contribution < -0.4 is 19.9 Å². The number of hydrogen-bond acceptors (Lipinski definition) is 8. The first kappa shape index (κ1) is 30.0. The summed E-state index contributed by atoms with van der Waals surface area (Å²) in [5, 5.41) is 13.5. The lowest BCUT2D eigenvalue weighted by Crippen LogP contribution is -2.27. The number of thioether (sulfide) groups is 1. The highest BCUT2D eigenvalue weighted by Crippen LogP contribution is 2.38. The molecule has 1 saturated heterocycles. The quantitative estimate of drug-likeness (QED) is 0.117. The number of anilines is 3. The standard InChI is InChI=1S/C28H24ClFN4O5S2/c1-3-32(4-2)19-9-8-17(12-25-27(36)33(28(40)41-25)20-10-11-23(30)22(29)14-20)24(15-19)39-16-26(35)31-18-6-5-7-21(13-18)34(37)38/h5-15H,3-4,16H2,1-2H3,(H,31,35)/b25-12+. The fraction of sp³-hybridized carbons (Fsp3) is 0.179. The van der Waals surface area contributed by atoms with Crippen LogP contribution in [0.3, 0.4) is 0 Å². The van der Waals surface area contributed by atoms with E-state index in [1.165, 1.54) is 41.3 Å². The fourth-order valence-corrected chi connectivity index (χ4v) is 5.51. The Kier molecular flexibility index (Phi) is 9.58. The monoisotopic (exact) mass is 614 g/mol. The summed E-state index contributed by atoms with van der Waals surface area (Å²) in [6.45, 7) is 5.11. The molecule has 1 heterocycles. The van der Waals surface area contributed by atoms with Crippen molar-refractivity contribution in [2.45, 2.75) is 13.8 Å². The molecule has 0 atom stereocenters. The number of nitro benzene ring substituents is 1. The Morgan fingerprint density at radius 2 is 1.95 bits per heavy atom. The Labute approximate surface area is 250 Å². The Morgan fingerprint density at radius 3 is 2.63 bits per heavy atom. The maximum atomic E-state index is 13.7. The molecular formula is C28H24ClFN4O5S2. The van der Waals surface area contributed by atoms with Gasteiger partial charge in [-0.25, -0.2) is 4.39 Å². The van der Waals surface area contributed by atoms with E-state index >= 15 is 0 Å². The molecule has 3 aromatic carbocycles. The summed E-state index contributed by atoms with van der Waals surface area (Å²) in [5.74, 6) is -1.20. The van der Waals surface area contributed by atoms with Crippen molar-refractivity contribution in [3.63, 3.8) is 0 Å². The van der Waals surface area contributed by atoms with E-state index in [1.807, 2.05) is 19.9 Å². The average Bonchev–Trinajstić information content (AvgIpc) is 3.23. The number of non-ortho nitro benzene ring substituents is 1. The molecule has 0 bridgehead atoms. The van der Waals surface area contributed by atoms with Crippen LogP contribution in [0.2, 0.25) is 5.02 Å². The lowest BCUT2D eigenvalue weighted by molar-refractivity contribution is -0.384. The highest BCUT2D eigenvalue weighted by molar-refractivity contribution is 8.27. The number of carbonyl (C=O) groups excluding carboxylic acids is 2. The summed E-state index contributed by atoms with van der Waals surface area (Å²) in [4.78, 5) is 40.1. The molecule has 1 aliphatic heterocycles. The summed E-state index contributed by atoms with van der Waals surface area (Å²) in [6.07, 6.45) is 1.62. The zero-order valence-corrected chi connectivity index (χ0v) is 24.3. The predicted molar refractivity (Wildman–Crippen MR) is 164 cm³/mol. The third-order valence-corrected chi connectivity index (χ3v) is 7.66. The highest BCUT2D eigenvalue weighted by atomic mass is 35.5. The molecule has 212 valence electrons. The van der Waals surface area contributed by atoms with Gasteiger partial charge in [0.2, 0.25) is 0 Å². The normalized spacial score (nSPS) is 14.0. The van der Waals surface area contributed by atoms with Crippen molar-refractivity contribution in [3.05, 3.63) is 92.1 Å². The number of hydrogen-bond donors (Lipinski definition) is 1. The minimum Gasteiger partial charge on any atom is -0.483 e. The van der Waals surface area contributed by atoms with Gasteiger partial charge in [0, 0.05) is 48.2 Å². The number of carbonyl (C=O) groups is 2. The molecule has 0 saturated carbocycles. The van der Waals surface area contributed by atoms with Crippen LogP contribution in [0.5, 0.6) is 5.75 Å². The zero-order chi connectivity index (χ0) is 29.7. The molecule has 2 amide bonds. The van der Waals surface area contributed by atoms with E-state index in [4.69, 9.17) is 28.6 Å². The van der Waals surface area contributed by atoms with Crippen molar-refractivity contribution in [2.75, 3.05) is 34.8 Å². The van der Waals surface area contributed by atoms with Gasteiger partial charge >= 0.3 is 0 Å². The second kappa shape index (κ2) is 13.1. The van der Waals surface area contributed by atoms with E-state index in [-0.39, 0.29) is 27.3 Å². The van der Waals surface area contributed by atoms with Crippen LogP contribution >= 0.6 is 35.6 Å². The molecule has 3 aromatic rings. The maximum Gasteiger partial charge on any atom is 0.271 e. The maximum absolute atomic E-state index is 13.7. The van der Waals surface area contributed by atoms with E-state index in [0.29, 0.717) is 21.9 Å². The number of nitrogens with one attached hydrogen (secondary N) is 1. The summed E-state index contributed by atoms with van der Waals surface area (Å²) in [5.41, 5.74) is 1.83. The van der Waals surface area contributed by atoms with Crippen LogP contribution in [0, 0.1) is 15.9 Å². The van der Waals surface area contributed by atoms with Crippen LogP contribution in [0.15, 0.2) is 65.6 Å². The number of nitro groups is 1. The van der Waals surface area contributed by atoms with Gasteiger partial charge in [-0.05, 0) is 56.3 Å². The van der Waals surface area contributed by atoms with E-state index < -0.39 is 22.6 Å². The van der Waals surface area contributed by atoms with Crippen LogP contribution in [-0.2, 0) is 9.59 Å². The molecule has 1 fully saturated rings. The van der Waals surface area contributed by atoms with Crippen molar-refractivity contribution in [2.24, 2.45) is 0 Å². The first-order chi connectivity index (χ1) is 19.6. The summed E-state index contributed by atoms with van der Waals surface area (Å²) in [6, 6.07) is 14.9. The third kappa shape index (κ3) is 7.02. The number of halogens is 2. The lowest BCUT2D eigenvalue weighted by Gasteiger charge is -2.22. The SMILES string of the molecule is CCN(CC)c1ccc(/C=C2/SC(=S)N(c3ccc(F)c(Cl)c3)C2=O)c(OCC(=O)Nc2cccc([N+](=O)[O-])c2)c1. The second-order valence-corrected chi connectivity index (χ2v) is 10.7. The van der Waals surface area contributed by atoms with Gasteiger partial charge in [0.1, 0.15) is 11.6 Å². The Hall–Kier alpha value is -4.00. The summed E-state index contributed by atoms with van der Waals surface area (Å²) in [7, 11) is 0. The number of thiocarbonyl (C=S) groups is 1. The Bertz CT molecular complexity index is 1560. The number of benzene rings is 3. The van der Waals surface area contributed by atoms with Crippen molar-refractivity contribution >= 4 is 80.5 Å². The third-order valence-electron chi connectivity index (χ3n) is 6.07. The number of rotatable bonds is 10. The van der Waals surface area contributed by atoms with Gasteiger partial charge in [-0.15, -0.1) is 0 Å². The van der Waals surface area contributed by atoms with Gasteiger partial charge in [0.15, 0.2) is 10.9 Å². The van der Waals surface area contributed by atoms with Crippen LogP contribution in [0.25, 0.3) is 6.08 Å². The largest absolute Gasteiger partial charge is 0.483 e. The molecular weight excluding hydrogens is 591 g/mol. The van der Waals surface area contributed by atoms with Crippen molar-refractivity contribution in [1.82, 2.24) is 0 Å². The highest BCUT2D eigenvalue weighted by Gasteiger charge is 2.34. The van der Waals surface area contributed by atoms with Gasteiger partial charge in [-0.1, -0.05) is 41.6 Å². The molecule has 0 radical (unpaired) electrons. The number of amides is 2.